The standard InChI is InChI=1S/C22H25N3O3S2/c1-5-19(22(26)24-16-6-8-17(9-7-16)30(23,27)28)29-20-12-14(3)18-11-13(2)10-15(4)21(18)25-20/h6-12,19H,5H2,1-4H3,(H,24,26)(H2,23,27,28). The number of hydrogen-bond acceptors (Lipinski definition) is 5. The maximum absolute atomic E-state index is 12.8. The van der Waals surface area contributed by atoms with E-state index in [1.807, 2.05) is 19.9 Å². The predicted octanol–water partition coefficient (Wildman–Crippen LogP) is 4.32. The summed E-state index contributed by atoms with van der Waals surface area (Å²) in [5.74, 6) is -0.161. The maximum Gasteiger partial charge on any atom is 0.238 e. The number of nitrogens with zero attached hydrogens (tertiary/aromatic N) is 1. The Morgan fingerprint density at radius 2 is 1.77 bits per heavy atom. The van der Waals surface area contributed by atoms with E-state index in [1.165, 1.54) is 41.6 Å². The van der Waals surface area contributed by atoms with Crippen molar-refractivity contribution in [2.45, 2.75) is 49.3 Å². The van der Waals surface area contributed by atoms with Crippen molar-refractivity contribution in [2.75, 3.05) is 5.32 Å². The Labute approximate surface area is 181 Å². The van der Waals surface area contributed by atoms with Gasteiger partial charge in [0.15, 0.2) is 0 Å². The molecular formula is C22H25N3O3S2. The van der Waals surface area contributed by atoms with E-state index in [1.54, 1.807) is 0 Å². The summed E-state index contributed by atoms with van der Waals surface area (Å²) in [5.41, 5.74) is 4.91. The van der Waals surface area contributed by atoms with Gasteiger partial charge < -0.3 is 5.32 Å². The molecular weight excluding hydrogens is 418 g/mol. The van der Waals surface area contributed by atoms with Crippen LogP contribution in [0.5, 0.6) is 0 Å². The molecule has 8 heteroatoms. The van der Waals surface area contributed by atoms with Crippen molar-refractivity contribution in [2.24, 2.45) is 5.14 Å². The van der Waals surface area contributed by atoms with E-state index in [0.29, 0.717) is 12.1 Å². The first-order valence-corrected chi connectivity index (χ1v) is 12.0. The molecule has 0 spiro atoms. The highest BCUT2D eigenvalue weighted by Crippen LogP contribution is 2.30. The predicted molar refractivity (Wildman–Crippen MR) is 122 cm³/mol. The normalized spacial score (nSPS) is 12.7. The fourth-order valence-electron chi connectivity index (χ4n) is 3.29. The average molecular weight is 444 g/mol. The molecule has 0 fully saturated rings. The fraction of sp³-hybridized carbons (Fsp3) is 0.273. The molecule has 1 amide bonds. The van der Waals surface area contributed by atoms with Gasteiger partial charge in [-0.3, -0.25) is 4.79 Å². The molecule has 1 unspecified atom stereocenters. The molecule has 158 valence electrons. The van der Waals surface area contributed by atoms with E-state index >= 15 is 0 Å². The number of nitrogens with one attached hydrogen (secondary N) is 1. The Hall–Kier alpha value is -2.42. The molecule has 0 aliphatic carbocycles. The van der Waals surface area contributed by atoms with Crippen molar-refractivity contribution in [1.82, 2.24) is 4.98 Å². The second-order valence-electron chi connectivity index (χ2n) is 7.33. The minimum atomic E-state index is -3.76. The molecule has 3 N–H and O–H groups in total. The number of pyridine rings is 1. The van der Waals surface area contributed by atoms with Crippen LogP contribution in [0.4, 0.5) is 5.69 Å². The summed E-state index contributed by atoms with van der Waals surface area (Å²) in [6.45, 7) is 8.12. The smallest absolute Gasteiger partial charge is 0.238 e. The summed E-state index contributed by atoms with van der Waals surface area (Å²) in [6.07, 6.45) is 0.622. The second-order valence-corrected chi connectivity index (χ2v) is 10.1. The lowest BCUT2D eigenvalue weighted by Gasteiger charge is -2.16. The van der Waals surface area contributed by atoms with Gasteiger partial charge in [0.25, 0.3) is 0 Å². The Kier molecular flexibility index (Phi) is 6.50. The Morgan fingerprint density at radius 1 is 1.10 bits per heavy atom. The highest BCUT2D eigenvalue weighted by molar-refractivity contribution is 8.00. The van der Waals surface area contributed by atoms with Crippen LogP contribution < -0.4 is 10.5 Å². The molecule has 6 nitrogen and oxygen atoms in total. The number of nitrogens with two attached hydrogens (primary N) is 1. The minimum Gasteiger partial charge on any atom is -0.325 e. The zero-order valence-corrected chi connectivity index (χ0v) is 19.0. The van der Waals surface area contributed by atoms with Crippen molar-refractivity contribution < 1.29 is 13.2 Å². The number of rotatable bonds is 6. The number of aromatic nitrogens is 1. The van der Waals surface area contributed by atoms with Crippen molar-refractivity contribution in [3.8, 4) is 0 Å². The number of amides is 1. The zero-order valence-electron chi connectivity index (χ0n) is 17.4. The number of sulfonamides is 1. The first kappa shape index (κ1) is 22.3. The molecule has 30 heavy (non-hydrogen) atoms. The number of aryl methyl sites for hydroxylation is 3. The summed E-state index contributed by atoms with van der Waals surface area (Å²) in [6, 6.07) is 12.1. The lowest BCUT2D eigenvalue weighted by molar-refractivity contribution is -0.115. The molecule has 1 heterocycles. The SMILES string of the molecule is CCC(Sc1cc(C)c2cc(C)cc(C)c2n1)C(=O)Nc1ccc(S(N)(=O)=O)cc1. The third-order valence-corrected chi connectivity index (χ3v) is 7.02. The molecule has 0 aliphatic rings. The molecule has 1 aromatic heterocycles. The van der Waals surface area contributed by atoms with Crippen molar-refractivity contribution in [3.63, 3.8) is 0 Å². The molecule has 3 aromatic rings. The van der Waals surface area contributed by atoms with Gasteiger partial charge in [0.05, 0.1) is 20.7 Å². The number of hydrogen-bond donors (Lipinski definition) is 2. The van der Waals surface area contributed by atoms with Gasteiger partial charge in [-0.15, -0.1) is 0 Å². The molecule has 0 bridgehead atoms. The summed E-state index contributed by atoms with van der Waals surface area (Å²) < 4.78 is 22.7. The Bertz CT molecular complexity index is 1210. The van der Waals surface area contributed by atoms with Crippen LogP contribution in [0, 0.1) is 20.8 Å². The highest BCUT2D eigenvalue weighted by atomic mass is 32.2. The fourth-order valence-corrected chi connectivity index (χ4v) is 4.82. The van der Waals surface area contributed by atoms with E-state index in [-0.39, 0.29) is 16.1 Å². The minimum absolute atomic E-state index is 0.00311. The number of fused-ring (bicyclic) bond motifs is 1. The third-order valence-electron chi connectivity index (χ3n) is 4.81. The Balaban J connectivity index is 1.80. The first-order valence-electron chi connectivity index (χ1n) is 9.57. The lowest BCUT2D eigenvalue weighted by atomic mass is 10.0. The van der Waals surface area contributed by atoms with Crippen LogP contribution in [-0.2, 0) is 14.8 Å². The molecule has 0 radical (unpaired) electrons. The van der Waals surface area contributed by atoms with E-state index in [4.69, 9.17) is 10.1 Å². The van der Waals surface area contributed by atoms with Gasteiger partial charge in [-0.05, 0) is 74.7 Å². The number of anilines is 1. The molecule has 2 aromatic carbocycles. The third kappa shape index (κ3) is 5.00. The molecule has 0 aliphatic heterocycles. The van der Waals surface area contributed by atoms with Crippen molar-refractivity contribution in [1.29, 1.82) is 0 Å². The molecule has 0 saturated carbocycles. The lowest BCUT2D eigenvalue weighted by Crippen LogP contribution is -2.24. The van der Waals surface area contributed by atoms with Gasteiger partial charge in [-0.1, -0.05) is 30.3 Å². The van der Waals surface area contributed by atoms with Gasteiger partial charge in [0.1, 0.15) is 0 Å². The maximum atomic E-state index is 12.8. The van der Waals surface area contributed by atoms with Crippen LogP contribution in [0.15, 0.2) is 52.4 Å². The molecule has 3 rings (SSSR count). The van der Waals surface area contributed by atoms with Gasteiger partial charge in [-0.2, -0.15) is 0 Å². The van der Waals surface area contributed by atoms with Crippen LogP contribution in [0.1, 0.15) is 30.0 Å². The monoisotopic (exact) mass is 443 g/mol. The number of thioether (sulfide) groups is 1. The second kappa shape index (κ2) is 8.75. The summed E-state index contributed by atoms with van der Waals surface area (Å²) in [7, 11) is -3.76. The number of carbonyl (C=O) groups is 1. The largest absolute Gasteiger partial charge is 0.325 e. The quantitative estimate of drug-likeness (QED) is 0.553. The van der Waals surface area contributed by atoms with Crippen molar-refractivity contribution >= 4 is 44.3 Å². The van der Waals surface area contributed by atoms with Crippen LogP contribution in [0.2, 0.25) is 0 Å². The zero-order chi connectivity index (χ0) is 22.1. The van der Waals surface area contributed by atoms with E-state index in [2.05, 4.69) is 31.3 Å². The molecule has 0 saturated heterocycles. The van der Waals surface area contributed by atoms with Crippen LogP contribution in [-0.4, -0.2) is 24.6 Å². The number of primary sulfonamides is 1. The van der Waals surface area contributed by atoms with E-state index in [0.717, 1.165) is 27.1 Å². The topological polar surface area (TPSA) is 102 Å². The molecule has 1 atom stereocenters. The summed E-state index contributed by atoms with van der Waals surface area (Å²) in [5, 5.41) is 9.55. The van der Waals surface area contributed by atoms with E-state index in [9.17, 15) is 13.2 Å². The number of carbonyl (C=O) groups excluding carboxylic acids is 1. The van der Waals surface area contributed by atoms with Gasteiger partial charge in [0.2, 0.25) is 15.9 Å². The summed E-state index contributed by atoms with van der Waals surface area (Å²) >= 11 is 1.43. The van der Waals surface area contributed by atoms with Crippen LogP contribution in [0.3, 0.4) is 0 Å². The van der Waals surface area contributed by atoms with E-state index < -0.39 is 10.0 Å². The van der Waals surface area contributed by atoms with Crippen LogP contribution in [0.25, 0.3) is 10.9 Å². The highest BCUT2D eigenvalue weighted by Gasteiger charge is 2.20. The van der Waals surface area contributed by atoms with Gasteiger partial charge >= 0.3 is 0 Å². The number of benzene rings is 2. The summed E-state index contributed by atoms with van der Waals surface area (Å²) in [4.78, 5) is 17.6. The average Bonchev–Trinajstić information content (AvgIpc) is 2.66. The van der Waals surface area contributed by atoms with Crippen molar-refractivity contribution in [3.05, 3.63) is 59.2 Å². The van der Waals surface area contributed by atoms with Crippen LogP contribution >= 0.6 is 11.8 Å². The van der Waals surface area contributed by atoms with Gasteiger partial charge in [-0.25, -0.2) is 18.5 Å². The first-order chi connectivity index (χ1) is 14.1. The van der Waals surface area contributed by atoms with Gasteiger partial charge in [0, 0.05) is 11.1 Å². The Morgan fingerprint density at radius 3 is 2.37 bits per heavy atom.